The van der Waals surface area contributed by atoms with Gasteiger partial charge < -0.3 is 10.6 Å². The first-order chi connectivity index (χ1) is 10.0. The minimum absolute atomic E-state index is 0.119. The zero-order valence-electron chi connectivity index (χ0n) is 11.0. The van der Waals surface area contributed by atoms with Gasteiger partial charge in [-0.1, -0.05) is 23.2 Å². The zero-order chi connectivity index (χ0) is 15.4. The number of carbonyl (C=O) groups excluding carboxylic acids is 1. The fourth-order valence-electron chi connectivity index (χ4n) is 1.55. The van der Waals surface area contributed by atoms with Gasteiger partial charge >= 0.3 is 0 Å². The van der Waals surface area contributed by atoms with Gasteiger partial charge in [0.05, 0.1) is 10.0 Å². The van der Waals surface area contributed by atoms with Crippen molar-refractivity contribution in [3.63, 3.8) is 0 Å². The number of amides is 1. The Morgan fingerprint density at radius 2 is 1.90 bits per heavy atom. The molecule has 2 aromatic rings. The van der Waals surface area contributed by atoms with Gasteiger partial charge in [0.15, 0.2) is 11.5 Å². The Labute approximate surface area is 130 Å². The number of halogens is 3. The molecule has 0 atom stereocenters. The van der Waals surface area contributed by atoms with Crippen LogP contribution in [0.4, 0.5) is 15.9 Å². The summed E-state index contributed by atoms with van der Waals surface area (Å²) in [6.07, 6.45) is 0. The molecule has 0 fully saturated rings. The van der Waals surface area contributed by atoms with Crippen LogP contribution in [0.3, 0.4) is 0 Å². The van der Waals surface area contributed by atoms with Crippen LogP contribution in [0.25, 0.3) is 0 Å². The highest BCUT2D eigenvalue weighted by Crippen LogP contribution is 2.27. The van der Waals surface area contributed by atoms with E-state index in [-0.39, 0.29) is 21.4 Å². The molecular weight excluding hydrogens is 318 g/mol. The number of benzene rings is 1. The van der Waals surface area contributed by atoms with Gasteiger partial charge in [-0.25, -0.2) is 4.39 Å². The summed E-state index contributed by atoms with van der Waals surface area (Å²) in [7, 11) is 0. The number of nitrogens with one attached hydrogen (secondary N) is 2. The molecule has 1 amide bonds. The Morgan fingerprint density at radius 3 is 2.43 bits per heavy atom. The second kappa shape index (κ2) is 6.69. The molecule has 21 heavy (non-hydrogen) atoms. The summed E-state index contributed by atoms with van der Waals surface area (Å²) in [4.78, 5) is 12.0. The molecule has 0 aliphatic rings. The molecule has 0 aliphatic heterocycles. The topological polar surface area (TPSA) is 66.9 Å². The summed E-state index contributed by atoms with van der Waals surface area (Å²) in [5, 5.41) is 12.8. The summed E-state index contributed by atoms with van der Waals surface area (Å²) in [6, 6.07) is 5.69. The van der Waals surface area contributed by atoms with Gasteiger partial charge in [-0.05, 0) is 31.2 Å². The van der Waals surface area contributed by atoms with Gasteiger partial charge in [-0.15, -0.1) is 10.2 Å². The minimum atomic E-state index is -0.730. The van der Waals surface area contributed by atoms with Crippen LogP contribution in [0.2, 0.25) is 10.0 Å². The fourth-order valence-corrected chi connectivity index (χ4v) is 2.04. The Kier molecular flexibility index (Phi) is 4.93. The molecule has 110 valence electrons. The van der Waals surface area contributed by atoms with Gasteiger partial charge in [0.2, 0.25) is 0 Å². The van der Waals surface area contributed by atoms with E-state index in [0.29, 0.717) is 12.4 Å². The molecule has 0 radical (unpaired) electrons. The standard InChI is InChI=1S/C13H11Cl2FN4O/c1-2-17-11-4-3-10(19-20-11)13(21)18-7-5-8(14)12(16)9(15)6-7/h3-6H,2H2,1H3,(H,17,20)(H,18,21). The first-order valence-corrected chi connectivity index (χ1v) is 6.80. The van der Waals surface area contributed by atoms with E-state index in [4.69, 9.17) is 23.2 Å². The second-order valence-corrected chi connectivity index (χ2v) is 4.86. The Balaban J connectivity index is 2.14. The number of rotatable bonds is 4. The third-order valence-electron chi connectivity index (χ3n) is 2.50. The number of nitrogens with zero attached hydrogens (tertiary/aromatic N) is 2. The summed E-state index contributed by atoms with van der Waals surface area (Å²) in [5.74, 6) is -0.655. The lowest BCUT2D eigenvalue weighted by molar-refractivity contribution is 0.102. The maximum Gasteiger partial charge on any atom is 0.276 e. The highest BCUT2D eigenvalue weighted by atomic mass is 35.5. The normalized spacial score (nSPS) is 10.3. The minimum Gasteiger partial charge on any atom is -0.369 e. The molecule has 2 N–H and O–H groups in total. The summed E-state index contributed by atoms with van der Waals surface area (Å²) < 4.78 is 13.3. The number of hydrogen-bond acceptors (Lipinski definition) is 4. The van der Waals surface area contributed by atoms with Crippen molar-refractivity contribution in [1.82, 2.24) is 10.2 Å². The van der Waals surface area contributed by atoms with Gasteiger partial charge in [0, 0.05) is 12.2 Å². The predicted octanol–water partition coefficient (Wildman–Crippen LogP) is 3.61. The molecule has 0 saturated heterocycles. The number of carbonyl (C=O) groups is 1. The van der Waals surface area contributed by atoms with Crippen molar-refractivity contribution >= 4 is 40.6 Å². The van der Waals surface area contributed by atoms with Crippen molar-refractivity contribution in [3.8, 4) is 0 Å². The third kappa shape index (κ3) is 3.80. The molecule has 0 saturated carbocycles. The lowest BCUT2D eigenvalue weighted by atomic mass is 10.3. The second-order valence-electron chi connectivity index (χ2n) is 4.04. The van der Waals surface area contributed by atoms with Crippen LogP contribution in [0.5, 0.6) is 0 Å². The van der Waals surface area contributed by atoms with Crippen LogP contribution in [0, 0.1) is 5.82 Å². The van der Waals surface area contributed by atoms with Crippen LogP contribution >= 0.6 is 23.2 Å². The van der Waals surface area contributed by atoms with E-state index in [1.807, 2.05) is 6.92 Å². The van der Waals surface area contributed by atoms with E-state index in [2.05, 4.69) is 20.8 Å². The summed E-state index contributed by atoms with van der Waals surface area (Å²) in [6.45, 7) is 2.62. The van der Waals surface area contributed by atoms with Crippen LogP contribution in [0.1, 0.15) is 17.4 Å². The molecule has 0 unspecified atom stereocenters. The predicted molar refractivity (Wildman–Crippen MR) is 80.6 cm³/mol. The maximum absolute atomic E-state index is 13.3. The zero-order valence-corrected chi connectivity index (χ0v) is 12.5. The van der Waals surface area contributed by atoms with Crippen LogP contribution in [-0.2, 0) is 0 Å². The lowest BCUT2D eigenvalue weighted by Gasteiger charge is -2.07. The number of aromatic nitrogens is 2. The summed E-state index contributed by atoms with van der Waals surface area (Å²) >= 11 is 11.3. The van der Waals surface area contributed by atoms with Crippen molar-refractivity contribution in [2.45, 2.75) is 6.92 Å². The fraction of sp³-hybridized carbons (Fsp3) is 0.154. The molecule has 5 nitrogen and oxygen atoms in total. The van der Waals surface area contributed by atoms with Crippen LogP contribution in [0.15, 0.2) is 24.3 Å². The van der Waals surface area contributed by atoms with Crippen molar-refractivity contribution in [2.24, 2.45) is 0 Å². The van der Waals surface area contributed by atoms with Crippen molar-refractivity contribution in [3.05, 3.63) is 45.8 Å². The van der Waals surface area contributed by atoms with E-state index >= 15 is 0 Å². The highest BCUT2D eigenvalue weighted by Gasteiger charge is 2.12. The smallest absolute Gasteiger partial charge is 0.276 e. The average Bonchev–Trinajstić information content (AvgIpc) is 2.45. The van der Waals surface area contributed by atoms with Gasteiger partial charge in [-0.3, -0.25) is 4.79 Å². The van der Waals surface area contributed by atoms with E-state index < -0.39 is 11.7 Å². The van der Waals surface area contributed by atoms with E-state index in [0.717, 1.165) is 0 Å². The first-order valence-electron chi connectivity index (χ1n) is 6.04. The molecule has 2 rings (SSSR count). The lowest BCUT2D eigenvalue weighted by Crippen LogP contribution is -2.15. The van der Waals surface area contributed by atoms with Crippen LogP contribution < -0.4 is 10.6 Å². The molecule has 0 bridgehead atoms. The SMILES string of the molecule is CCNc1ccc(C(=O)Nc2cc(Cl)c(F)c(Cl)c2)nn1. The maximum atomic E-state index is 13.3. The Bertz CT molecular complexity index is 641. The van der Waals surface area contributed by atoms with E-state index in [9.17, 15) is 9.18 Å². The van der Waals surface area contributed by atoms with E-state index in [1.54, 1.807) is 6.07 Å². The van der Waals surface area contributed by atoms with Crippen molar-refractivity contribution < 1.29 is 9.18 Å². The van der Waals surface area contributed by atoms with E-state index in [1.165, 1.54) is 18.2 Å². The molecular formula is C13H11Cl2FN4O. The molecule has 0 spiro atoms. The van der Waals surface area contributed by atoms with Gasteiger partial charge in [0.1, 0.15) is 5.82 Å². The third-order valence-corrected chi connectivity index (χ3v) is 3.05. The highest BCUT2D eigenvalue weighted by molar-refractivity contribution is 6.35. The molecule has 1 aromatic heterocycles. The van der Waals surface area contributed by atoms with Gasteiger partial charge in [-0.2, -0.15) is 0 Å². The molecule has 8 heteroatoms. The quantitative estimate of drug-likeness (QED) is 0.841. The number of hydrogen-bond donors (Lipinski definition) is 2. The first kappa shape index (κ1) is 15.5. The largest absolute Gasteiger partial charge is 0.369 e. The Hall–Kier alpha value is -1.92. The Morgan fingerprint density at radius 1 is 1.24 bits per heavy atom. The molecule has 1 heterocycles. The van der Waals surface area contributed by atoms with Crippen molar-refractivity contribution in [1.29, 1.82) is 0 Å². The summed E-state index contributed by atoms with van der Waals surface area (Å²) in [5.41, 5.74) is 0.391. The van der Waals surface area contributed by atoms with Gasteiger partial charge in [0.25, 0.3) is 5.91 Å². The number of anilines is 2. The monoisotopic (exact) mass is 328 g/mol. The van der Waals surface area contributed by atoms with Crippen LogP contribution in [-0.4, -0.2) is 22.6 Å². The molecule has 0 aliphatic carbocycles. The average molecular weight is 329 g/mol. The van der Waals surface area contributed by atoms with Crippen molar-refractivity contribution in [2.75, 3.05) is 17.2 Å². The molecule has 1 aromatic carbocycles.